The molecule has 1 atom stereocenters. The number of nitrogens with one attached hydrogen (secondary N) is 1. The molecule has 12 heavy (non-hydrogen) atoms. The zero-order valence-electron chi connectivity index (χ0n) is 9.20. The summed E-state index contributed by atoms with van der Waals surface area (Å²) in [5.41, 5.74) is 0.848. The minimum atomic E-state index is 0.357. The molecule has 1 N–H and O–H groups in total. The second-order valence-corrected chi connectivity index (χ2v) is 5.54. The van der Waals surface area contributed by atoms with Crippen molar-refractivity contribution in [2.45, 2.75) is 53.0 Å². The van der Waals surface area contributed by atoms with Crippen molar-refractivity contribution < 1.29 is 0 Å². The lowest BCUT2D eigenvalue weighted by molar-refractivity contribution is 0.0868. The molecule has 1 rings (SSSR count). The maximum absolute atomic E-state index is 3.61. The lowest BCUT2D eigenvalue weighted by atomic mass is 9.68. The van der Waals surface area contributed by atoms with Crippen LogP contribution in [0.2, 0.25) is 0 Å². The fourth-order valence-corrected chi connectivity index (χ4v) is 2.27. The van der Waals surface area contributed by atoms with Crippen LogP contribution in [0.3, 0.4) is 0 Å². The molecule has 0 saturated carbocycles. The summed E-state index contributed by atoms with van der Waals surface area (Å²) in [5.74, 6) is 0.883. The van der Waals surface area contributed by atoms with E-state index in [0.29, 0.717) is 11.0 Å². The third-order valence-corrected chi connectivity index (χ3v) is 3.38. The predicted molar refractivity (Wildman–Crippen MR) is 54.3 cm³/mol. The Hall–Kier alpha value is -0.0400. The van der Waals surface area contributed by atoms with Crippen LogP contribution in [0.5, 0.6) is 0 Å². The van der Waals surface area contributed by atoms with Gasteiger partial charge >= 0.3 is 0 Å². The van der Waals surface area contributed by atoms with Crippen LogP contribution < -0.4 is 5.32 Å². The molecule has 0 radical (unpaired) electrons. The first-order valence-electron chi connectivity index (χ1n) is 5.12. The maximum Gasteiger partial charge on any atom is 0.0128 e. The zero-order chi connectivity index (χ0) is 9.41. The Morgan fingerprint density at radius 1 is 1.25 bits per heavy atom. The molecule has 1 heteroatoms. The summed E-state index contributed by atoms with van der Waals surface area (Å²) in [5, 5.41) is 3.61. The van der Waals surface area contributed by atoms with E-state index in [0.717, 1.165) is 5.92 Å². The third-order valence-electron chi connectivity index (χ3n) is 3.38. The van der Waals surface area contributed by atoms with Crippen LogP contribution in [0, 0.1) is 11.3 Å². The molecule has 0 aromatic heterocycles. The summed E-state index contributed by atoms with van der Waals surface area (Å²) in [6.45, 7) is 12.9. The minimum absolute atomic E-state index is 0.357. The molecule has 1 unspecified atom stereocenters. The minimum Gasteiger partial charge on any atom is -0.311 e. The van der Waals surface area contributed by atoms with Crippen molar-refractivity contribution >= 4 is 0 Å². The number of piperidine rings is 1. The molecule has 0 aromatic carbocycles. The molecular weight excluding hydrogens is 146 g/mol. The summed E-state index contributed by atoms with van der Waals surface area (Å²) in [6, 6.07) is 0. The first-order chi connectivity index (χ1) is 5.37. The second kappa shape index (κ2) is 3.02. The quantitative estimate of drug-likeness (QED) is 0.636. The van der Waals surface area contributed by atoms with Gasteiger partial charge in [-0.2, -0.15) is 0 Å². The normalized spacial score (nSPS) is 33.2. The van der Waals surface area contributed by atoms with Gasteiger partial charge in [-0.15, -0.1) is 0 Å². The SMILES string of the molecule is CCC1CC(C)(C)NCC1(C)C. The standard InChI is InChI=1S/C11H23N/c1-6-9-7-11(4,5)12-8-10(9,2)3/h9,12H,6-8H2,1-5H3. The molecule has 0 amide bonds. The molecule has 72 valence electrons. The Labute approximate surface area is 76.9 Å². The van der Waals surface area contributed by atoms with Gasteiger partial charge in [0.2, 0.25) is 0 Å². The first-order valence-corrected chi connectivity index (χ1v) is 5.12. The number of hydrogen-bond acceptors (Lipinski definition) is 1. The fraction of sp³-hybridized carbons (Fsp3) is 1.00. The third kappa shape index (κ3) is 2.01. The van der Waals surface area contributed by atoms with Crippen molar-refractivity contribution in [3.05, 3.63) is 0 Å². The van der Waals surface area contributed by atoms with Gasteiger partial charge in [0.25, 0.3) is 0 Å². The van der Waals surface area contributed by atoms with E-state index in [1.165, 1.54) is 19.4 Å². The highest BCUT2D eigenvalue weighted by Crippen LogP contribution is 2.38. The van der Waals surface area contributed by atoms with Crippen LogP contribution in [0.25, 0.3) is 0 Å². The summed E-state index contributed by atoms with van der Waals surface area (Å²) in [4.78, 5) is 0. The predicted octanol–water partition coefficient (Wildman–Crippen LogP) is 2.81. The molecule has 1 nitrogen and oxygen atoms in total. The molecule has 0 spiro atoms. The molecule has 0 aromatic rings. The van der Waals surface area contributed by atoms with E-state index >= 15 is 0 Å². The molecule has 1 saturated heterocycles. The van der Waals surface area contributed by atoms with Gasteiger partial charge in [-0.1, -0.05) is 27.2 Å². The Morgan fingerprint density at radius 2 is 1.83 bits per heavy atom. The average Bonchev–Trinajstić information content (AvgIpc) is 1.95. The van der Waals surface area contributed by atoms with Crippen LogP contribution in [-0.2, 0) is 0 Å². The molecule has 1 fully saturated rings. The molecule has 1 heterocycles. The van der Waals surface area contributed by atoms with E-state index in [1.807, 2.05) is 0 Å². The summed E-state index contributed by atoms with van der Waals surface area (Å²) in [6.07, 6.45) is 2.63. The Kier molecular flexibility index (Phi) is 2.53. The van der Waals surface area contributed by atoms with E-state index in [1.54, 1.807) is 0 Å². The van der Waals surface area contributed by atoms with Gasteiger partial charge in [0.1, 0.15) is 0 Å². The highest BCUT2D eigenvalue weighted by molar-refractivity contribution is 4.94. The van der Waals surface area contributed by atoms with Crippen molar-refractivity contribution in [1.29, 1.82) is 0 Å². The van der Waals surface area contributed by atoms with Crippen molar-refractivity contribution in [2.24, 2.45) is 11.3 Å². The van der Waals surface area contributed by atoms with Crippen LogP contribution in [0.15, 0.2) is 0 Å². The van der Waals surface area contributed by atoms with Crippen molar-refractivity contribution in [2.75, 3.05) is 6.54 Å². The summed E-state index contributed by atoms with van der Waals surface area (Å²) in [7, 11) is 0. The van der Waals surface area contributed by atoms with Crippen molar-refractivity contribution in [3.63, 3.8) is 0 Å². The smallest absolute Gasteiger partial charge is 0.0128 e. The topological polar surface area (TPSA) is 12.0 Å². The largest absolute Gasteiger partial charge is 0.311 e. The van der Waals surface area contributed by atoms with Gasteiger partial charge < -0.3 is 5.32 Å². The van der Waals surface area contributed by atoms with E-state index < -0.39 is 0 Å². The Bertz CT molecular complexity index is 158. The zero-order valence-corrected chi connectivity index (χ0v) is 9.20. The van der Waals surface area contributed by atoms with Gasteiger partial charge in [0, 0.05) is 12.1 Å². The van der Waals surface area contributed by atoms with E-state index in [4.69, 9.17) is 0 Å². The number of hydrogen-bond donors (Lipinski definition) is 1. The molecule has 1 aliphatic rings. The van der Waals surface area contributed by atoms with E-state index in [9.17, 15) is 0 Å². The van der Waals surface area contributed by atoms with Gasteiger partial charge in [-0.05, 0) is 31.6 Å². The number of rotatable bonds is 1. The Morgan fingerprint density at radius 3 is 2.25 bits per heavy atom. The fourth-order valence-electron chi connectivity index (χ4n) is 2.27. The average molecular weight is 169 g/mol. The summed E-state index contributed by atoms with van der Waals surface area (Å²) >= 11 is 0. The Balaban J connectivity index is 2.67. The van der Waals surface area contributed by atoms with Gasteiger partial charge in [-0.25, -0.2) is 0 Å². The molecule has 0 bridgehead atoms. The first kappa shape index (κ1) is 10.0. The van der Waals surface area contributed by atoms with Gasteiger partial charge in [0.15, 0.2) is 0 Å². The lowest BCUT2D eigenvalue weighted by Crippen LogP contribution is -2.54. The van der Waals surface area contributed by atoms with E-state index in [-0.39, 0.29) is 0 Å². The monoisotopic (exact) mass is 169 g/mol. The summed E-state index contributed by atoms with van der Waals surface area (Å²) < 4.78 is 0. The lowest BCUT2D eigenvalue weighted by Gasteiger charge is -2.46. The van der Waals surface area contributed by atoms with Crippen LogP contribution >= 0.6 is 0 Å². The molecule has 0 aliphatic carbocycles. The van der Waals surface area contributed by atoms with Crippen molar-refractivity contribution in [3.8, 4) is 0 Å². The molecular formula is C11H23N. The van der Waals surface area contributed by atoms with Crippen molar-refractivity contribution in [1.82, 2.24) is 5.32 Å². The highest BCUT2D eigenvalue weighted by atomic mass is 15.0. The van der Waals surface area contributed by atoms with Gasteiger partial charge in [0.05, 0.1) is 0 Å². The highest BCUT2D eigenvalue weighted by Gasteiger charge is 2.38. The van der Waals surface area contributed by atoms with Gasteiger partial charge in [-0.3, -0.25) is 0 Å². The van der Waals surface area contributed by atoms with Crippen LogP contribution in [0.1, 0.15) is 47.5 Å². The van der Waals surface area contributed by atoms with Crippen LogP contribution in [0.4, 0.5) is 0 Å². The maximum atomic E-state index is 3.61. The second-order valence-electron chi connectivity index (χ2n) is 5.54. The van der Waals surface area contributed by atoms with Crippen LogP contribution in [-0.4, -0.2) is 12.1 Å². The van der Waals surface area contributed by atoms with E-state index in [2.05, 4.69) is 39.9 Å². The molecule has 1 aliphatic heterocycles.